The molecule has 5 rings (SSSR count). The molecule has 4 aromatic heterocycles. The highest BCUT2D eigenvalue weighted by atomic mass is 19.4. The lowest BCUT2D eigenvalue weighted by atomic mass is 10.0. The van der Waals surface area contributed by atoms with Crippen LogP contribution >= 0.6 is 0 Å². The minimum atomic E-state index is -4.73. The molecule has 0 aliphatic carbocycles. The lowest BCUT2D eigenvalue weighted by Gasteiger charge is -2.35. The number of hydrogen-bond acceptors (Lipinski definition) is 9. The van der Waals surface area contributed by atoms with Gasteiger partial charge in [0.15, 0.2) is 11.5 Å². The van der Waals surface area contributed by atoms with Crippen LogP contribution in [0.25, 0.3) is 22.6 Å². The predicted octanol–water partition coefficient (Wildman–Crippen LogP) is 5.19. The molecule has 1 N–H and O–H groups in total. The highest BCUT2D eigenvalue weighted by Gasteiger charge is 2.37. The van der Waals surface area contributed by atoms with Gasteiger partial charge >= 0.3 is 12.4 Å². The number of nitrogens with one attached hydrogen (secondary N) is 1. The summed E-state index contributed by atoms with van der Waals surface area (Å²) in [6, 6.07) is 4.83. The molecular weight excluding hydrogens is 540 g/mol. The summed E-state index contributed by atoms with van der Waals surface area (Å²) in [5.41, 5.74) is -2.10. The van der Waals surface area contributed by atoms with Gasteiger partial charge in [-0.2, -0.15) is 26.3 Å². The molecular formula is C25H23F6N9. The molecule has 0 unspecified atom stereocenters. The Morgan fingerprint density at radius 1 is 0.900 bits per heavy atom. The molecule has 0 radical (unpaired) electrons. The number of hydrogen-bond donors (Lipinski definition) is 1. The second-order valence-corrected chi connectivity index (χ2v) is 9.49. The van der Waals surface area contributed by atoms with E-state index in [0.717, 1.165) is 37.2 Å². The summed E-state index contributed by atoms with van der Waals surface area (Å²) in [6.07, 6.45) is -4.54. The van der Waals surface area contributed by atoms with Crippen molar-refractivity contribution in [3.63, 3.8) is 0 Å². The molecule has 1 aliphatic rings. The van der Waals surface area contributed by atoms with E-state index in [1.807, 2.05) is 14.1 Å². The molecule has 210 valence electrons. The minimum Gasteiger partial charge on any atom is -0.355 e. The van der Waals surface area contributed by atoms with Crippen LogP contribution in [0.15, 0.2) is 42.9 Å². The zero-order valence-corrected chi connectivity index (χ0v) is 21.3. The Labute approximate surface area is 224 Å². The topological polar surface area (TPSA) is 95.8 Å². The number of pyridine rings is 2. The molecule has 0 spiro atoms. The van der Waals surface area contributed by atoms with Gasteiger partial charge in [0.05, 0.1) is 23.0 Å². The average molecular weight is 564 g/mol. The molecule has 40 heavy (non-hydrogen) atoms. The van der Waals surface area contributed by atoms with Crippen LogP contribution in [0.2, 0.25) is 0 Å². The first-order valence-electron chi connectivity index (χ1n) is 12.2. The molecule has 15 heteroatoms. The summed E-state index contributed by atoms with van der Waals surface area (Å²) in [4.78, 5) is 20.2. The maximum atomic E-state index is 14.1. The first-order valence-corrected chi connectivity index (χ1v) is 12.2. The summed E-state index contributed by atoms with van der Waals surface area (Å²) in [5.74, 6) is 0.234. The Balaban J connectivity index is 1.44. The van der Waals surface area contributed by atoms with E-state index in [1.165, 1.54) is 12.3 Å². The monoisotopic (exact) mass is 563 g/mol. The lowest BCUT2D eigenvalue weighted by Crippen LogP contribution is -2.42. The van der Waals surface area contributed by atoms with Gasteiger partial charge in [0.2, 0.25) is 0 Å². The second kappa shape index (κ2) is 10.4. The number of alkyl halides is 6. The van der Waals surface area contributed by atoms with Gasteiger partial charge in [0.25, 0.3) is 0 Å². The van der Waals surface area contributed by atoms with Gasteiger partial charge in [-0.3, -0.25) is 0 Å². The predicted molar refractivity (Wildman–Crippen MR) is 135 cm³/mol. The Bertz CT molecular complexity index is 1500. The first-order chi connectivity index (χ1) is 18.9. The van der Waals surface area contributed by atoms with Crippen LogP contribution in [0, 0.1) is 0 Å². The third-order valence-electron chi connectivity index (χ3n) is 6.65. The van der Waals surface area contributed by atoms with Crippen LogP contribution in [0.4, 0.5) is 43.7 Å². The van der Waals surface area contributed by atoms with Crippen LogP contribution in [0.3, 0.4) is 0 Å². The number of fused-ring (bicyclic) bond motifs is 1. The molecule has 1 saturated heterocycles. The molecule has 1 fully saturated rings. The minimum absolute atomic E-state index is 0.000768. The Kier molecular flexibility index (Phi) is 7.16. The zero-order valence-electron chi connectivity index (χ0n) is 21.3. The van der Waals surface area contributed by atoms with Crippen molar-refractivity contribution in [2.75, 3.05) is 37.4 Å². The van der Waals surface area contributed by atoms with E-state index in [-0.39, 0.29) is 28.5 Å². The van der Waals surface area contributed by atoms with E-state index in [4.69, 9.17) is 0 Å². The SMILES string of the molecule is CN(C)C1CCN(c2cc(C(F)(F)F)c(-c3cnc4c(Nc5ccc(C(F)(F)F)cn5)ccnc4n3)nn2)CC1. The van der Waals surface area contributed by atoms with Crippen LogP contribution < -0.4 is 10.2 Å². The maximum Gasteiger partial charge on any atom is 0.418 e. The van der Waals surface area contributed by atoms with Crippen molar-refractivity contribution in [1.29, 1.82) is 0 Å². The number of nitrogens with zero attached hydrogens (tertiary/aromatic N) is 8. The van der Waals surface area contributed by atoms with Gasteiger partial charge in [-0.1, -0.05) is 0 Å². The van der Waals surface area contributed by atoms with Crippen molar-refractivity contribution in [2.45, 2.75) is 31.2 Å². The molecule has 4 aromatic rings. The smallest absolute Gasteiger partial charge is 0.355 e. The summed E-state index contributed by atoms with van der Waals surface area (Å²) in [6.45, 7) is 1.11. The van der Waals surface area contributed by atoms with Crippen LogP contribution in [-0.2, 0) is 12.4 Å². The first kappa shape index (κ1) is 27.4. The summed E-state index contributed by atoms with van der Waals surface area (Å²) in [5, 5.41) is 10.8. The third-order valence-corrected chi connectivity index (χ3v) is 6.65. The highest BCUT2D eigenvalue weighted by molar-refractivity contribution is 5.87. The summed E-state index contributed by atoms with van der Waals surface area (Å²) in [7, 11) is 3.95. The van der Waals surface area contributed by atoms with Crippen molar-refractivity contribution in [1.82, 2.24) is 35.0 Å². The summed E-state index contributed by atoms with van der Waals surface area (Å²) < 4.78 is 80.8. The summed E-state index contributed by atoms with van der Waals surface area (Å²) >= 11 is 0. The van der Waals surface area contributed by atoms with Gasteiger partial charge in [-0.05, 0) is 51.2 Å². The van der Waals surface area contributed by atoms with E-state index in [1.54, 1.807) is 4.90 Å². The molecule has 0 atom stereocenters. The third kappa shape index (κ3) is 5.73. The zero-order chi connectivity index (χ0) is 28.7. The van der Waals surface area contributed by atoms with Crippen LogP contribution in [0.5, 0.6) is 0 Å². The number of piperidine rings is 1. The van der Waals surface area contributed by atoms with E-state index >= 15 is 0 Å². The van der Waals surface area contributed by atoms with Crippen LogP contribution in [0.1, 0.15) is 24.0 Å². The fourth-order valence-corrected chi connectivity index (χ4v) is 4.46. The normalized spacial score (nSPS) is 15.2. The average Bonchev–Trinajstić information content (AvgIpc) is 2.92. The fraction of sp³-hybridized carbons (Fsp3) is 0.360. The molecule has 0 aromatic carbocycles. The molecule has 5 heterocycles. The van der Waals surface area contributed by atoms with E-state index in [9.17, 15) is 26.3 Å². The van der Waals surface area contributed by atoms with Gasteiger partial charge in [0, 0.05) is 31.5 Å². The Morgan fingerprint density at radius 2 is 1.65 bits per heavy atom. The fourth-order valence-electron chi connectivity index (χ4n) is 4.46. The number of rotatable bonds is 5. The van der Waals surface area contributed by atoms with Crippen molar-refractivity contribution in [3.05, 3.63) is 54.0 Å². The highest BCUT2D eigenvalue weighted by Crippen LogP contribution is 2.37. The van der Waals surface area contributed by atoms with Gasteiger partial charge in [-0.15, -0.1) is 10.2 Å². The molecule has 0 bridgehead atoms. The second-order valence-electron chi connectivity index (χ2n) is 9.49. The molecule has 1 aliphatic heterocycles. The van der Waals surface area contributed by atoms with Crippen LogP contribution in [-0.4, -0.2) is 68.3 Å². The van der Waals surface area contributed by atoms with Crippen molar-refractivity contribution < 1.29 is 26.3 Å². The number of halogens is 6. The molecule has 0 saturated carbocycles. The molecule has 9 nitrogen and oxygen atoms in total. The maximum absolute atomic E-state index is 14.1. The van der Waals surface area contributed by atoms with Crippen molar-refractivity contribution in [3.8, 4) is 11.4 Å². The van der Waals surface area contributed by atoms with Gasteiger partial charge in [-0.25, -0.2) is 19.9 Å². The van der Waals surface area contributed by atoms with E-state index < -0.39 is 29.2 Å². The van der Waals surface area contributed by atoms with Crippen molar-refractivity contribution in [2.24, 2.45) is 0 Å². The lowest BCUT2D eigenvalue weighted by molar-refractivity contribution is -0.138. The Hall–Kier alpha value is -4.14. The molecule has 0 amide bonds. The quantitative estimate of drug-likeness (QED) is 0.329. The number of anilines is 3. The van der Waals surface area contributed by atoms with Gasteiger partial charge in [0.1, 0.15) is 22.7 Å². The van der Waals surface area contributed by atoms with Gasteiger partial charge < -0.3 is 15.1 Å². The van der Waals surface area contributed by atoms with E-state index in [2.05, 4.69) is 40.3 Å². The standard InChI is InChI=1S/C25H23F6N9/c1-39(2)15-6-9-40(10-7-15)20-11-16(25(29,30)31)21(38-37-20)18-13-34-22-17(5-8-32-23(22)36-18)35-19-4-3-14(12-33-19)24(26,27)28/h3-5,8,11-13,15H,6-7,9-10H2,1-2H3,(H,32,33,35,36). The largest absolute Gasteiger partial charge is 0.418 e. The van der Waals surface area contributed by atoms with Crippen molar-refractivity contribution >= 4 is 28.5 Å². The number of aromatic nitrogens is 6. The van der Waals surface area contributed by atoms with E-state index in [0.29, 0.717) is 31.0 Å². The Morgan fingerprint density at radius 3 is 2.27 bits per heavy atom.